The van der Waals surface area contributed by atoms with Gasteiger partial charge in [-0.3, -0.25) is 4.79 Å². The van der Waals surface area contributed by atoms with E-state index < -0.39 is 11.9 Å². The Hall–Kier alpha value is -3.04. The summed E-state index contributed by atoms with van der Waals surface area (Å²) in [6.07, 6.45) is -3.65. The number of hydrogen-bond donors (Lipinski definition) is 1. The molecule has 0 spiro atoms. The second-order valence-electron chi connectivity index (χ2n) is 6.21. The number of fused-ring (bicyclic) bond motifs is 1. The van der Waals surface area contributed by atoms with Gasteiger partial charge in [-0.05, 0) is 18.2 Å². The molecule has 1 N–H and O–H groups in total. The molecule has 4 rings (SSSR count). The summed E-state index contributed by atoms with van der Waals surface area (Å²) < 4.78 is 43.4. The monoisotopic (exact) mass is 454 g/mol. The SMILES string of the molecule is O=c1[nH]c(Cc2ccccc2OC(F)(F)F)nc2c1cnn2-c1c(Cl)cccc1Cl. The number of aromatic amines is 1. The second-order valence-corrected chi connectivity index (χ2v) is 7.02. The first-order valence-corrected chi connectivity index (χ1v) is 9.23. The Morgan fingerprint density at radius 1 is 1.07 bits per heavy atom. The summed E-state index contributed by atoms with van der Waals surface area (Å²) in [5.74, 6) is -0.258. The molecule has 0 aliphatic heterocycles. The summed E-state index contributed by atoms with van der Waals surface area (Å²) >= 11 is 12.5. The third kappa shape index (κ3) is 3.99. The first kappa shape index (κ1) is 20.2. The van der Waals surface area contributed by atoms with Crippen LogP contribution >= 0.6 is 23.2 Å². The molecule has 2 aromatic carbocycles. The lowest BCUT2D eigenvalue weighted by atomic mass is 10.1. The van der Waals surface area contributed by atoms with Gasteiger partial charge in [0.25, 0.3) is 5.56 Å². The lowest BCUT2D eigenvalue weighted by Crippen LogP contribution is -2.18. The Kier molecular flexibility index (Phi) is 5.17. The standard InChI is InChI=1S/C19H11Cl2F3N4O2/c20-12-5-3-6-13(21)16(12)28-17-11(9-25-28)18(29)27-15(26-17)8-10-4-1-2-7-14(10)30-19(22,23)24/h1-7,9H,8H2,(H,26,27,29). The van der Waals surface area contributed by atoms with Crippen molar-refractivity contribution < 1.29 is 17.9 Å². The average Bonchev–Trinajstić information content (AvgIpc) is 3.06. The summed E-state index contributed by atoms with van der Waals surface area (Å²) in [7, 11) is 0. The van der Waals surface area contributed by atoms with E-state index in [1.165, 1.54) is 29.1 Å². The summed E-state index contributed by atoms with van der Waals surface area (Å²) in [6.45, 7) is 0. The number of hydrogen-bond acceptors (Lipinski definition) is 4. The van der Waals surface area contributed by atoms with Crippen molar-refractivity contribution in [3.05, 3.63) is 80.4 Å². The number of ether oxygens (including phenoxy) is 1. The minimum atomic E-state index is -4.85. The smallest absolute Gasteiger partial charge is 0.405 e. The first-order chi connectivity index (χ1) is 14.2. The number of para-hydroxylation sites is 2. The number of rotatable bonds is 4. The van der Waals surface area contributed by atoms with E-state index in [1.54, 1.807) is 24.3 Å². The maximum Gasteiger partial charge on any atom is 0.573 e. The molecule has 0 radical (unpaired) electrons. The Balaban J connectivity index is 1.81. The third-order valence-corrected chi connectivity index (χ3v) is 4.80. The van der Waals surface area contributed by atoms with Gasteiger partial charge in [0.2, 0.25) is 0 Å². The van der Waals surface area contributed by atoms with Gasteiger partial charge in [0.1, 0.15) is 22.6 Å². The van der Waals surface area contributed by atoms with E-state index >= 15 is 0 Å². The molecule has 0 amide bonds. The topological polar surface area (TPSA) is 72.8 Å². The Morgan fingerprint density at radius 3 is 2.47 bits per heavy atom. The van der Waals surface area contributed by atoms with Gasteiger partial charge in [0, 0.05) is 12.0 Å². The molecule has 4 aromatic rings. The number of alkyl halides is 3. The van der Waals surface area contributed by atoms with Crippen LogP contribution < -0.4 is 10.3 Å². The van der Waals surface area contributed by atoms with Gasteiger partial charge in [-0.15, -0.1) is 13.2 Å². The van der Waals surface area contributed by atoms with Crippen LogP contribution in [0.4, 0.5) is 13.2 Å². The van der Waals surface area contributed by atoms with Gasteiger partial charge in [-0.1, -0.05) is 47.5 Å². The van der Waals surface area contributed by atoms with Crippen molar-refractivity contribution >= 4 is 34.2 Å². The molecule has 30 heavy (non-hydrogen) atoms. The lowest BCUT2D eigenvalue weighted by molar-refractivity contribution is -0.274. The molecule has 0 saturated heterocycles. The van der Waals surface area contributed by atoms with E-state index in [4.69, 9.17) is 23.2 Å². The predicted octanol–water partition coefficient (Wildman–Crippen LogP) is 4.91. The lowest BCUT2D eigenvalue weighted by Gasteiger charge is -2.13. The van der Waals surface area contributed by atoms with Crippen LogP contribution in [0.3, 0.4) is 0 Å². The molecular formula is C19H11Cl2F3N4O2. The summed E-state index contributed by atoms with van der Waals surface area (Å²) in [5, 5.41) is 4.91. The molecule has 2 aromatic heterocycles. The van der Waals surface area contributed by atoms with Crippen LogP contribution in [0.1, 0.15) is 11.4 Å². The van der Waals surface area contributed by atoms with Gasteiger partial charge < -0.3 is 9.72 Å². The van der Waals surface area contributed by atoms with Crippen LogP contribution in [0, 0.1) is 0 Å². The van der Waals surface area contributed by atoms with Gasteiger partial charge in [0.15, 0.2) is 5.65 Å². The van der Waals surface area contributed by atoms with Crippen LogP contribution in [-0.4, -0.2) is 26.1 Å². The largest absolute Gasteiger partial charge is 0.573 e. The third-order valence-electron chi connectivity index (χ3n) is 4.19. The van der Waals surface area contributed by atoms with Gasteiger partial charge in [-0.25, -0.2) is 9.67 Å². The Bertz CT molecular complexity index is 1280. The van der Waals surface area contributed by atoms with E-state index in [1.807, 2.05) is 0 Å². The van der Waals surface area contributed by atoms with E-state index in [0.29, 0.717) is 15.7 Å². The average molecular weight is 455 g/mol. The Morgan fingerprint density at radius 2 is 1.77 bits per heavy atom. The highest BCUT2D eigenvalue weighted by molar-refractivity contribution is 6.37. The molecule has 0 bridgehead atoms. The number of nitrogens with one attached hydrogen (secondary N) is 1. The highest BCUT2D eigenvalue weighted by Crippen LogP contribution is 2.30. The van der Waals surface area contributed by atoms with Gasteiger partial charge in [-0.2, -0.15) is 5.10 Å². The molecular weight excluding hydrogens is 444 g/mol. The zero-order valence-corrected chi connectivity index (χ0v) is 16.4. The highest BCUT2D eigenvalue weighted by atomic mass is 35.5. The van der Waals surface area contributed by atoms with Crippen molar-refractivity contribution in [2.45, 2.75) is 12.8 Å². The van der Waals surface area contributed by atoms with E-state index in [2.05, 4.69) is 19.8 Å². The van der Waals surface area contributed by atoms with Gasteiger partial charge in [0.05, 0.1) is 16.2 Å². The molecule has 6 nitrogen and oxygen atoms in total. The van der Waals surface area contributed by atoms with Crippen molar-refractivity contribution in [3.8, 4) is 11.4 Å². The van der Waals surface area contributed by atoms with Crippen molar-refractivity contribution in [2.24, 2.45) is 0 Å². The number of H-pyrrole nitrogens is 1. The summed E-state index contributed by atoms with van der Waals surface area (Å²) in [6, 6.07) is 10.5. The van der Waals surface area contributed by atoms with Crippen LogP contribution in [0.15, 0.2) is 53.5 Å². The number of halogens is 5. The van der Waals surface area contributed by atoms with Crippen LogP contribution in [0.2, 0.25) is 10.0 Å². The molecule has 0 atom stereocenters. The normalized spacial score (nSPS) is 11.8. The molecule has 0 aliphatic rings. The van der Waals surface area contributed by atoms with E-state index in [9.17, 15) is 18.0 Å². The van der Waals surface area contributed by atoms with Gasteiger partial charge >= 0.3 is 6.36 Å². The first-order valence-electron chi connectivity index (χ1n) is 8.48. The molecule has 11 heteroatoms. The van der Waals surface area contributed by atoms with Crippen LogP contribution in [-0.2, 0) is 6.42 Å². The Labute approximate surface area is 176 Å². The molecule has 154 valence electrons. The fourth-order valence-electron chi connectivity index (χ4n) is 2.96. The molecule has 0 fully saturated rings. The minimum absolute atomic E-state index is 0.112. The quantitative estimate of drug-likeness (QED) is 0.475. The zero-order valence-electron chi connectivity index (χ0n) is 14.9. The maximum absolute atomic E-state index is 12.7. The van der Waals surface area contributed by atoms with Crippen molar-refractivity contribution in [2.75, 3.05) is 0 Å². The molecule has 0 saturated carbocycles. The molecule has 2 heterocycles. The number of aromatic nitrogens is 4. The van der Waals surface area contributed by atoms with E-state index in [0.717, 1.165) is 0 Å². The van der Waals surface area contributed by atoms with Crippen LogP contribution in [0.5, 0.6) is 5.75 Å². The molecule has 0 unspecified atom stereocenters. The number of nitrogens with zero attached hydrogens (tertiary/aromatic N) is 3. The van der Waals surface area contributed by atoms with Crippen LogP contribution in [0.25, 0.3) is 16.7 Å². The highest BCUT2D eigenvalue weighted by Gasteiger charge is 2.32. The number of benzene rings is 2. The predicted molar refractivity (Wildman–Crippen MR) is 105 cm³/mol. The van der Waals surface area contributed by atoms with E-state index in [-0.39, 0.29) is 34.6 Å². The fraction of sp³-hybridized carbons (Fsp3) is 0.105. The maximum atomic E-state index is 12.7. The zero-order chi connectivity index (χ0) is 21.5. The minimum Gasteiger partial charge on any atom is -0.405 e. The van der Waals surface area contributed by atoms with Crippen molar-refractivity contribution in [1.29, 1.82) is 0 Å². The fourth-order valence-corrected chi connectivity index (χ4v) is 3.51. The van der Waals surface area contributed by atoms with Crippen molar-refractivity contribution in [1.82, 2.24) is 19.7 Å². The summed E-state index contributed by atoms with van der Waals surface area (Å²) in [4.78, 5) is 19.4. The molecule has 0 aliphatic carbocycles. The van der Waals surface area contributed by atoms with Crippen molar-refractivity contribution in [3.63, 3.8) is 0 Å². The second kappa shape index (κ2) is 7.66. The summed E-state index contributed by atoms with van der Waals surface area (Å²) in [5.41, 5.74) is 0.191.